The van der Waals surface area contributed by atoms with Crippen LogP contribution < -0.4 is 5.32 Å². The van der Waals surface area contributed by atoms with E-state index in [0.717, 1.165) is 18.9 Å². The standard InChI is InChI=1S/C14H16F3N/c1-2-3-4-7-10-18-11-12-8-5-6-9-13(12)14(15,16)17/h1,5-6,8-9,18H,3-4,7,10-11H2. The number of nitrogens with one attached hydrogen (secondary N) is 1. The highest BCUT2D eigenvalue weighted by Crippen LogP contribution is 2.31. The molecule has 0 aliphatic carbocycles. The van der Waals surface area contributed by atoms with Crippen molar-refractivity contribution in [1.82, 2.24) is 5.32 Å². The van der Waals surface area contributed by atoms with Gasteiger partial charge in [-0.2, -0.15) is 13.2 Å². The lowest BCUT2D eigenvalue weighted by molar-refractivity contribution is -0.138. The van der Waals surface area contributed by atoms with Crippen molar-refractivity contribution in [2.75, 3.05) is 6.54 Å². The third kappa shape index (κ3) is 4.80. The van der Waals surface area contributed by atoms with Gasteiger partial charge in [0.25, 0.3) is 0 Å². The molecule has 18 heavy (non-hydrogen) atoms. The van der Waals surface area contributed by atoms with E-state index in [1.807, 2.05) is 0 Å². The Hall–Kier alpha value is -1.47. The molecule has 0 radical (unpaired) electrons. The number of alkyl halides is 3. The molecule has 0 saturated heterocycles. The van der Waals surface area contributed by atoms with E-state index in [1.165, 1.54) is 12.1 Å². The van der Waals surface area contributed by atoms with Gasteiger partial charge in [-0.25, -0.2) is 0 Å². The monoisotopic (exact) mass is 255 g/mol. The molecule has 0 atom stereocenters. The van der Waals surface area contributed by atoms with Gasteiger partial charge in [0.05, 0.1) is 5.56 Å². The Morgan fingerprint density at radius 1 is 1.17 bits per heavy atom. The molecular weight excluding hydrogens is 239 g/mol. The van der Waals surface area contributed by atoms with Gasteiger partial charge in [-0.15, -0.1) is 12.3 Å². The van der Waals surface area contributed by atoms with Crippen molar-refractivity contribution in [3.8, 4) is 12.3 Å². The zero-order valence-electron chi connectivity index (χ0n) is 10.1. The second-order valence-electron chi connectivity index (χ2n) is 3.99. The number of hydrogen-bond donors (Lipinski definition) is 1. The summed E-state index contributed by atoms with van der Waals surface area (Å²) in [5, 5.41) is 3.00. The van der Waals surface area contributed by atoms with Gasteiger partial charge in [0.15, 0.2) is 0 Å². The summed E-state index contributed by atoms with van der Waals surface area (Å²) >= 11 is 0. The second kappa shape index (κ2) is 7.07. The fourth-order valence-electron chi connectivity index (χ4n) is 1.65. The summed E-state index contributed by atoms with van der Waals surface area (Å²) in [6.07, 6.45) is 3.29. The van der Waals surface area contributed by atoms with Crippen molar-refractivity contribution in [2.45, 2.75) is 32.0 Å². The summed E-state index contributed by atoms with van der Waals surface area (Å²) < 4.78 is 38.0. The molecule has 0 heterocycles. The molecule has 0 unspecified atom stereocenters. The van der Waals surface area contributed by atoms with Gasteiger partial charge in [-0.1, -0.05) is 18.2 Å². The van der Waals surface area contributed by atoms with E-state index in [-0.39, 0.29) is 12.1 Å². The van der Waals surface area contributed by atoms with E-state index in [9.17, 15) is 13.2 Å². The number of hydrogen-bond acceptors (Lipinski definition) is 1. The van der Waals surface area contributed by atoms with E-state index in [4.69, 9.17) is 6.42 Å². The van der Waals surface area contributed by atoms with Crippen molar-refractivity contribution in [3.63, 3.8) is 0 Å². The fraction of sp³-hybridized carbons (Fsp3) is 0.429. The second-order valence-corrected chi connectivity index (χ2v) is 3.99. The lowest BCUT2D eigenvalue weighted by Gasteiger charge is -2.13. The van der Waals surface area contributed by atoms with E-state index < -0.39 is 11.7 Å². The smallest absolute Gasteiger partial charge is 0.313 e. The zero-order chi connectivity index (χ0) is 13.4. The van der Waals surface area contributed by atoms with E-state index >= 15 is 0 Å². The van der Waals surface area contributed by atoms with Gasteiger partial charge in [-0.3, -0.25) is 0 Å². The van der Waals surface area contributed by atoms with Crippen LogP contribution in [0.3, 0.4) is 0 Å². The molecule has 1 N–H and O–H groups in total. The van der Waals surface area contributed by atoms with E-state index in [0.29, 0.717) is 13.0 Å². The van der Waals surface area contributed by atoms with Gasteiger partial charge >= 0.3 is 6.18 Å². The molecule has 4 heteroatoms. The molecule has 1 aromatic rings. The van der Waals surface area contributed by atoms with Gasteiger partial charge in [0.1, 0.15) is 0 Å². The van der Waals surface area contributed by atoms with Gasteiger partial charge in [-0.05, 0) is 31.0 Å². The first-order valence-electron chi connectivity index (χ1n) is 5.85. The van der Waals surface area contributed by atoms with Crippen LogP contribution in [0.5, 0.6) is 0 Å². The highest BCUT2D eigenvalue weighted by atomic mass is 19.4. The number of halogens is 3. The Kier molecular flexibility index (Phi) is 5.73. The molecule has 1 aromatic carbocycles. The van der Waals surface area contributed by atoms with Crippen LogP contribution in [0.1, 0.15) is 30.4 Å². The minimum absolute atomic E-state index is 0.228. The molecular formula is C14H16F3N. The van der Waals surface area contributed by atoms with Gasteiger partial charge < -0.3 is 5.32 Å². The van der Waals surface area contributed by atoms with Crippen LogP contribution in [-0.2, 0) is 12.7 Å². The fourth-order valence-corrected chi connectivity index (χ4v) is 1.65. The number of terminal acetylenes is 1. The summed E-state index contributed by atoms with van der Waals surface area (Å²) in [4.78, 5) is 0. The molecule has 1 nitrogen and oxygen atoms in total. The Labute approximate surface area is 105 Å². The lowest BCUT2D eigenvalue weighted by Crippen LogP contribution is -2.18. The molecule has 0 saturated carbocycles. The molecule has 0 bridgehead atoms. The topological polar surface area (TPSA) is 12.0 Å². The minimum atomic E-state index is -4.29. The van der Waals surface area contributed by atoms with Crippen molar-refractivity contribution >= 4 is 0 Å². The first-order chi connectivity index (χ1) is 8.55. The Balaban J connectivity index is 2.45. The summed E-state index contributed by atoms with van der Waals surface area (Å²) in [6, 6.07) is 5.62. The van der Waals surface area contributed by atoms with Crippen LogP contribution in [-0.4, -0.2) is 6.54 Å². The average Bonchev–Trinajstić information content (AvgIpc) is 2.33. The molecule has 0 aliphatic rings. The number of benzene rings is 1. The van der Waals surface area contributed by atoms with Crippen LogP contribution in [0.2, 0.25) is 0 Å². The quantitative estimate of drug-likeness (QED) is 0.605. The third-order valence-electron chi connectivity index (χ3n) is 2.56. The zero-order valence-corrected chi connectivity index (χ0v) is 10.1. The number of rotatable bonds is 6. The first-order valence-corrected chi connectivity index (χ1v) is 5.85. The summed E-state index contributed by atoms with van der Waals surface area (Å²) in [5.74, 6) is 2.53. The molecule has 0 fully saturated rings. The lowest BCUT2D eigenvalue weighted by atomic mass is 10.1. The Bertz CT molecular complexity index is 404. The van der Waals surface area contributed by atoms with Crippen LogP contribution in [0, 0.1) is 12.3 Å². The normalized spacial score (nSPS) is 11.2. The van der Waals surface area contributed by atoms with Crippen molar-refractivity contribution < 1.29 is 13.2 Å². The highest BCUT2D eigenvalue weighted by molar-refractivity contribution is 5.29. The largest absolute Gasteiger partial charge is 0.416 e. The predicted molar refractivity (Wildman–Crippen MR) is 65.8 cm³/mol. The first kappa shape index (κ1) is 14.6. The van der Waals surface area contributed by atoms with Crippen molar-refractivity contribution in [2.24, 2.45) is 0 Å². The summed E-state index contributed by atoms with van der Waals surface area (Å²) in [6.45, 7) is 0.902. The minimum Gasteiger partial charge on any atom is -0.313 e. The van der Waals surface area contributed by atoms with Crippen LogP contribution in [0.4, 0.5) is 13.2 Å². The van der Waals surface area contributed by atoms with Crippen LogP contribution >= 0.6 is 0 Å². The van der Waals surface area contributed by atoms with Crippen molar-refractivity contribution in [3.05, 3.63) is 35.4 Å². The maximum atomic E-state index is 12.7. The van der Waals surface area contributed by atoms with Gasteiger partial charge in [0, 0.05) is 13.0 Å². The molecule has 0 amide bonds. The molecule has 1 rings (SSSR count). The predicted octanol–water partition coefficient (Wildman–Crippen LogP) is 3.60. The number of unbranched alkanes of at least 4 members (excludes halogenated alkanes) is 2. The summed E-state index contributed by atoms with van der Waals surface area (Å²) in [5.41, 5.74) is -0.289. The Morgan fingerprint density at radius 2 is 1.89 bits per heavy atom. The van der Waals surface area contributed by atoms with Crippen LogP contribution in [0.25, 0.3) is 0 Å². The highest BCUT2D eigenvalue weighted by Gasteiger charge is 2.32. The molecule has 0 spiro atoms. The van der Waals surface area contributed by atoms with E-state index in [2.05, 4.69) is 11.2 Å². The molecule has 0 aromatic heterocycles. The third-order valence-corrected chi connectivity index (χ3v) is 2.56. The van der Waals surface area contributed by atoms with E-state index in [1.54, 1.807) is 6.07 Å². The van der Waals surface area contributed by atoms with Crippen molar-refractivity contribution in [1.29, 1.82) is 0 Å². The SMILES string of the molecule is C#CCCCCNCc1ccccc1C(F)(F)F. The van der Waals surface area contributed by atoms with Gasteiger partial charge in [0.2, 0.25) is 0 Å². The maximum absolute atomic E-state index is 12.7. The average molecular weight is 255 g/mol. The maximum Gasteiger partial charge on any atom is 0.416 e. The Morgan fingerprint density at radius 3 is 2.56 bits per heavy atom. The molecule has 0 aliphatic heterocycles. The summed E-state index contributed by atoms with van der Waals surface area (Å²) in [7, 11) is 0. The molecule has 98 valence electrons. The van der Waals surface area contributed by atoms with Crippen LogP contribution in [0.15, 0.2) is 24.3 Å².